The van der Waals surface area contributed by atoms with Gasteiger partial charge in [0, 0.05) is 37.5 Å². The Balaban J connectivity index is 2.16. The molecular formula is C15H15N3. The molecule has 1 aliphatic rings. The summed E-state index contributed by atoms with van der Waals surface area (Å²) < 4.78 is 0. The third kappa shape index (κ3) is 1.82. The van der Waals surface area contributed by atoms with Crippen molar-refractivity contribution >= 4 is 6.21 Å². The Hall–Kier alpha value is -2.03. The lowest BCUT2D eigenvalue weighted by molar-refractivity contribution is 0.567. The van der Waals surface area contributed by atoms with Crippen LogP contribution in [0.1, 0.15) is 24.0 Å². The van der Waals surface area contributed by atoms with Crippen molar-refractivity contribution < 1.29 is 0 Å². The molecule has 18 heavy (non-hydrogen) atoms. The summed E-state index contributed by atoms with van der Waals surface area (Å²) in [6, 6.07) is 8.21. The van der Waals surface area contributed by atoms with E-state index in [1.54, 1.807) is 12.4 Å². The summed E-state index contributed by atoms with van der Waals surface area (Å²) >= 11 is 0. The van der Waals surface area contributed by atoms with E-state index in [-0.39, 0.29) is 5.41 Å². The maximum Gasteiger partial charge on any atom is 0.0581 e. The molecule has 1 aliphatic heterocycles. The summed E-state index contributed by atoms with van der Waals surface area (Å²) in [5.41, 5.74) is 2.24. The van der Waals surface area contributed by atoms with Gasteiger partial charge in [-0.05, 0) is 36.1 Å². The van der Waals surface area contributed by atoms with Gasteiger partial charge in [-0.2, -0.15) is 0 Å². The molecule has 0 saturated heterocycles. The van der Waals surface area contributed by atoms with Crippen LogP contribution in [0, 0.1) is 0 Å². The van der Waals surface area contributed by atoms with Crippen LogP contribution in [-0.4, -0.2) is 22.7 Å². The maximum atomic E-state index is 4.50. The highest BCUT2D eigenvalue weighted by Crippen LogP contribution is 2.36. The number of pyridine rings is 2. The zero-order valence-corrected chi connectivity index (χ0v) is 10.2. The average molecular weight is 237 g/mol. The first-order valence-corrected chi connectivity index (χ1v) is 6.24. The van der Waals surface area contributed by atoms with Crippen molar-refractivity contribution in [2.24, 2.45) is 4.99 Å². The largest absolute Gasteiger partial charge is 0.296 e. The van der Waals surface area contributed by atoms with Crippen molar-refractivity contribution in [1.29, 1.82) is 0 Å². The van der Waals surface area contributed by atoms with Crippen LogP contribution in [0.5, 0.6) is 0 Å². The van der Waals surface area contributed by atoms with Gasteiger partial charge in [0.2, 0.25) is 0 Å². The standard InChI is InChI=1S/C15H15N3/c1-4-13(10-16-7-1)15(6-3-9-18-12-15)14-5-2-8-17-11-14/h1-2,4-5,7-8,10-12H,3,6,9H2. The van der Waals surface area contributed by atoms with Gasteiger partial charge in [-0.15, -0.1) is 0 Å². The highest BCUT2D eigenvalue weighted by atomic mass is 14.8. The molecule has 0 spiro atoms. The molecule has 3 nitrogen and oxygen atoms in total. The second-order valence-electron chi connectivity index (χ2n) is 4.59. The highest BCUT2D eigenvalue weighted by Gasteiger charge is 2.34. The Kier molecular flexibility index (Phi) is 2.89. The first kappa shape index (κ1) is 11.1. The van der Waals surface area contributed by atoms with Gasteiger partial charge >= 0.3 is 0 Å². The molecule has 0 N–H and O–H groups in total. The Morgan fingerprint density at radius 3 is 2.06 bits per heavy atom. The fourth-order valence-electron chi connectivity index (χ4n) is 2.59. The minimum atomic E-state index is -0.152. The lowest BCUT2D eigenvalue weighted by Gasteiger charge is -2.32. The topological polar surface area (TPSA) is 38.1 Å². The van der Waals surface area contributed by atoms with E-state index in [9.17, 15) is 0 Å². The predicted octanol–water partition coefficient (Wildman–Crippen LogP) is 2.63. The van der Waals surface area contributed by atoms with Crippen LogP contribution in [0.15, 0.2) is 54.0 Å². The summed E-state index contributed by atoms with van der Waals surface area (Å²) in [6.45, 7) is 0.919. The lowest BCUT2D eigenvalue weighted by atomic mass is 9.72. The van der Waals surface area contributed by atoms with Crippen LogP contribution in [0.3, 0.4) is 0 Å². The second kappa shape index (κ2) is 4.69. The van der Waals surface area contributed by atoms with Gasteiger partial charge in [0.05, 0.1) is 5.41 Å². The van der Waals surface area contributed by atoms with Crippen molar-refractivity contribution in [2.45, 2.75) is 18.3 Å². The number of hydrogen-bond acceptors (Lipinski definition) is 3. The molecule has 3 heterocycles. The van der Waals surface area contributed by atoms with E-state index < -0.39 is 0 Å². The van der Waals surface area contributed by atoms with Crippen molar-refractivity contribution in [3.05, 3.63) is 60.2 Å². The molecule has 0 aliphatic carbocycles. The molecule has 0 amide bonds. The minimum absolute atomic E-state index is 0.152. The van der Waals surface area contributed by atoms with E-state index in [1.807, 2.05) is 24.5 Å². The third-order valence-corrected chi connectivity index (χ3v) is 3.52. The number of hydrogen-bond donors (Lipinski definition) is 0. The SMILES string of the molecule is C1=NCCCC1(c1cccnc1)c1cccnc1. The zero-order valence-electron chi connectivity index (χ0n) is 10.2. The summed E-state index contributed by atoms with van der Waals surface area (Å²) in [4.78, 5) is 13.0. The van der Waals surface area contributed by atoms with Crippen LogP contribution in [-0.2, 0) is 5.41 Å². The quantitative estimate of drug-likeness (QED) is 0.805. The van der Waals surface area contributed by atoms with Crippen molar-refractivity contribution in [1.82, 2.24) is 9.97 Å². The third-order valence-electron chi connectivity index (χ3n) is 3.52. The van der Waals surface area contributed by atoms with Crippen LogP contribution >= 0.6 is 0 Å². The molecular weight excluding hydrogens is 222 g/mol. The molecule has 2 aromatic rings. The van der Waals surface area contributed by atoms with Crippen LogP contribution < -0.4 is 0 Å². The van der Waals surface area contributed by atoms with Gasteiger partial charge in [0.1, 0.15) is 0 Å². The fourth-order valence-corrected chi connectivity index (χ4v) is 2.59. The summed E-state index contributed by atoms with van der Waals surface area (Å²) in [5.74, 6) is 0. The van der Waals surface area contributed by atoms with E-state index >= 15 is 0 Å². The van der Waals surface area contributed by atoms with Gasteiger partial charge in [-0.3, -0.25) is 15.0 Å². The smallest absolute Gasteiger partial charge is 0.0581 e. The first-order chi connectivity index (χ1) is 8.92. The Labute approximate surface area is 107 Å². The minimum Gasteiger partial charge on any atom is -0.296 e. The van der Waals surface area contributed by atoms with E-state index in [0.717, 1.165) is 19.4 Å². The molecule has 0 radical (unpaired) electrons. The van der Waals surface area contributed by atoms with Crippen molar-refractivity contribution in [3.63, 3.8) is 0 Å². The number of aromatic nitrogens is 2. The van der Waals surface area contributed by atoms with E-state index in [4.69, 9.17) is 0 Å². The summed E-state index contributed by atoms with van der Waals surface area (Å²) in [6.07, 6.45) is 11.7. The molecule has 3 rings (SSSR count). The van der Waals surface area contributed by atoms with Gasteiger partial charge < -0.3 is 0 Å². The number of nitrogens with zero attached hydrogens (tertiary/aromatic N) is 3. The highest BCUT2D eigenvalue weighted by molar-refractivity contribution is 5.79. The van der Waals surface area contributed by atoms with Gasteiger partial charge in [-0.1, -0.05) is 12.1 Å². The molecule has 2 aromatic heterocycles. The average Bonchev–Trinajstić information content (AvgIpc) is 2.50. The molecule has 3 heteroatoms. The van der Waals surface area contributed by atoms with Crippen molar-refractivity contribution in [3.8, 4) is 0 Å². The molecule has 0 bridgehead atoms. The van der Waals surface area contributed by atoms with E-state index in [2.05, 4.69) is 33.3 Å². The summed E-state index contributed by atoms with van der Waals surface area (Å²) in [5, 5.41) is 0. The summed E-state index contributed by atoms with van der Waals surface area (Å²) in [7, 11) is 0. The molecule has 0 unspecified atom stereocenters. The number of aliphatic imine (C=N–C) groups is 1. The zero-order chi connectivity index (χ0) is 12.3. The Morgan fingerprint density at radius 1 is 0.944 bits per heavy atom. The Morgan fingerprint density at radius 2 is 1.61 bits per heavy atom. The predicted molar refractivity (Wildman–Crippen MR) is 71.8 cm³/mol. The normalized spacial score (nSPS) is 17.6. The first-order valence-electron chi connectivity index (χ1n) is 6.24. The van der Waals surface area contributed by atoms with Crippen LogP contribution in [0.4, 0.5) is 0 Å². The van der Waals surface area contributed by atoms with Gasteiger partial charge in [-0.25, -0.2) is 0 Å². The van der Waals surface area contributed by atoms with E-state index in [1.165, 1.54) is 11.1 Å². The molecule has 90 valence electrons. The van der Waals surface area contributed by atoms with E-state index in [0.29, 0.717) is 0 Å². The molecule has 0 aromatic carbocycles. The lowest BCUT2D eigenvalue weighted by Crippen LogP contribution is -2.32. The van der Waals surface area contributed by atoms with Crippen LogP contribution in [0.25, 0.3) is 0 Å². The monoisotopic (exact) mass is 237 g/mol. The number of rotatable bonds is 2. The second-order valence-corrected chi connectivity index (χ2v) is 4.59. The van der Waals surface area contributed by atoms with Crippen LogP contribution in [0.2, 0.25) is 0 Å². The maximum absolute atomic E-state index is 4.50. The fraction of sp³-hybridized carbons (Fsp3) is 0.267. The molecule has 0 saturated carbocycles. The Bertz CT molecular complexity index is 495. The van der Waals surface area contributed by atoms with Crippen molar-refractivity contribution in [2.75, 3.05) is 6.54 Å². The molecule has 0 fully saturated rings. The van der Waals surface area contributed by atoms with Gasteiger partial charge in [0.15, 0.2) is 0 Å². The molecule has 0 atom stereocenters. The van der Waals surface area contributed by atoms with Gasteiger partial charge in [0.25, 0.3) is 0 Å².